The number of nitrogens with two attached hydrogens (primary N) is 1. The molecule has 0 aliphatic rings. The van der Waals surface area contributed by atoms with Crippen LogP contribution in [0.5, 0.6) is 0 Å². The first-order chi connectivity index (χ1) is 8.49. The van der Waals surface area contributed by atoms with Crippen molar-refractivity contribution < 1.29 is 9.18 Å². The number of rotatable bonds is 2. The lowest BCUT2D eigenvalue weighted by Gasteiger charge is -2.07. The fourth-order valence-electron chi connectivity index (χ4n) is 1.74. The highest BCUT2D eigenvalue weighted by Crippen LogP contribution is 2.28. The molecule has 0 radical (unpaired) electrons. The summed E-state index contributed by atoms with van der Waals surface area (Å²) in [5.74, 6) is -0.866. The van der Waals surface area contributed by atoms with Gasteiger partial charge in [0.05, 0.1) is 5.56 Å². The smallest absolute Gasteiger partial charge is 0.249 e. The fourth-order valence-corrected chi connectivity index (χ4v) is 2.18. The van der Waals surface area contributed by atoms with Gasteiger partial charge in [0.25, 0.3) is 0 Å². The van der Waals surface area contributed by atoms with Gasteiger partial charge in [0.2, 0.25) is 5.91 Å². The highest BCUT2D eigenvalue weighted by atomic mass is 79.9. The van der Waals surface area contributed by atoms with Crippen molar-refractivity contribution >= 4 is 21.8 Å². The van der Waals surface area contributed by atoms with Crippen LogP contribution >= 0.6 is 15.9 Å². The molecular formula is C14H11BrFNO. The molecule has 1 amide bonds. The maximum atomic E-state index is 13.8. The summed E-state index contributed by atoms with van der Waals surface area (Å²) in [7, 11) is 0. The van der Waals surface area contributed by atoms with Gasteiger partial charge < -0.3 is 5.73 Å². The van der Waals surface area contributed by atoms with E-state index in [1.54, 1.807) is 30.3 Å². The molecule has 2 aromatic carbocycles. The van der Waals surface area contributed by atoms with Crippen molar-refractivity contribution in [2.24, 2.45) is 5.73 Å². The quantitative estimate of drug-likeness (QED) is 0.904. The molecule has 0 saturated carbocycles. The fraction of sp³-hybridized carbons (Fsp3) is 0.0714. The average Bonchev–Trinajstić information content (AvgIpc) is 2.33. The van der Waals surface area contributed by atoms with E-state index in [-0.39, 0.29) is 5.82 Å². The van der Waals surface area contributed by atoms with Crippen LogP contribution < -0.4 is 5.73 Å². The van der Waals surface area contributed by atoms with Crippen LogP contribution in [0, 0.1) is 12.7 Å². The largest absolute Gasteiger partial charge is 0.366 e. The Balaban J connectivity index is 2.61. The van der Waals surface area contributed by atoms with Gasteiger partial charge in [-0.25, -0.2) is 4.39 Å². The first-order valence-electron chi connectivity index (χ1n) is 5.35. The maximum absolute atomic E-state index is 13.8. The van der Waals surface area contributed by atoms with Gasteiger partial charge in [0.1, 0.15) is 5.82 Å². The molecule has 2 nitrogen and oxygen atoms in total. The van der Waals surface area contributed by atoms with Crippen LogP contribution in [0.2, 0.25) is 0 Å². The van der Waals surface area contributed by atoms with Crippen LogP contribution in [0.1, 0.15) is 15.9 Å². The molecule has 0 bridgehead atoms. The minimum Gasteiger partial charge on any atom is -0.366 e. The standard InChI is InChI=1S/C14H11BrFNO/c1-8-2-5-13(16)10(6-8)9-3-4-12(15)11(7-9)14(17)18/h2-7H,1H3,(H2,17,18). The van der Waals surface area contributed by atoms with E-state index in [4.69, 9.17) is 5.73 Å². The first-order valence-corrected chi connectivity index (χ1v) is 6.14. The second-order valence-electron chi connectivity index (χ2n) is 4.04. The zero-order chi connectivity index (χ0) is 13.3. The van der Waals surface area contributed by atoms with Crippen LogP contribution in [-0.2, 0) is 0 Å². The van der Waals surface area contributed by atoms with Crippen molar-refractivity contribution in [1.29, 1.82) is 0 Å². The van der Waals surface area contributed by atoms with Gasteiger partial charge >= 0.3 is 0 Å². The molecule has 0 spiro atoms. The number of hydrogen-bond acceptors (Lipinski definition) is 1. The Morgan fingerprint density at radius 2 is 1.94 bits per heavy atom. The number of hydrogen-bond donors (Lipinski definition) is 1. The lowest BCUT2D eigenvalue weighted by molar-refractivity contribution is 0.0999. The SMILES string of the molecule is Cc1ccc(F)c(-c2ccc(Br)c(C(N)=O)c2)c1. The predicted octanol–water partition coefficient (Wildman–Crippen LogP) is 3.66. The van der Waals surface area contributed by atoms with Gasteiger partial charge in [-0.05, 0) is 52.7 Å². The molecule has 0 atom stereocenters. The van der Waals surface area contributed by atoms with Gasteiger partial charge in [-0.15, -0.1) is 0 Å². The normalized spacial score (nSPS) is 10.4. The number of carbonyl (C=O) groups is 1. The molecule has 0 saturated heterocycles. The summed E-state index contributed by atoms with van der Waals surface area (Å²) >= 11 is 3.24. The molecule has 2 rings (SSSR count). The average molecular weight is 308 g/mol. The van der Waals surface area contributed by atoms with E-state index in [0.29, 0.717) is 21.2 Å². The van der Waals surface area contributed by atoms with E-state index in [1.165, 1.54) is 6.07 Å². The van der Waals surface area contributed by atoms with Gasteiger partial charge in [0.15, 0.2) is 0 Å². The second kappa shape index (κ2) is 4.90. The predicted molar refractivity (Wildman–Crippen MR) is 72.8 cm³/mol. The third-order valence-electron chi connectivity index (χ3n) is 2.66. The lowest BCUT2D eigenvalue weighted by atomic mass is 10.0. The summed E-state index contributed by atoms with van der Waals surface area (Å²) in [4.78, 5) is 11.3. The molecule has 0 aliphatic carbocycles. The Kier molecular flexibility index (Phi) is 3.48. The zero-order valence-electron chi connectivity index (χ0n) is 9.71. The number of primary amides is 1. The lowest BCUT2D eigenvalue weighted by Crippen LogP contribution is -2.11. The third kappa shape index (κ3) is 2.43. The molecule has 92 valence electrons. The Morgan fingerprint density at radius 1 is 1.22 bits per heavy atom. The highest BCUT2D eigenvalue weighted by molar-refractivity contribution is 9.10. The number of carbonyl (C=O) groups excluding carboxylic acids is 1. The van der Waals surface area contributed by atoms with Gasteiger partial charge in [-0.1, -0.05) is 17.7 Å². The van der Waals surface area contributed by atoms with Crippen molar-refractivity contribution in [1.82, 2.24) is 0 Å². The molecule has 2 N–H and O–H groups in total. The summed E-state index contributed by atoms with van der Waals surface area (Å²) < 4.78 is 14.4. The van der Waals surface area contributed by atoms with Crippen LogP contribution in [0.3, 0.4) is 0 Å². The van der Waals surface area contributed by atoms with Crippen molar-refractivity contribution in [2.45, 2.75) is 6.92 Å². The number of halogens is 2. The van der Waals surface area contributed by atoms with Crippen molar-refractivity contribution in [3.8, 4) is 11.1 Å². The molecule has 0 aliphatic heterocycles. The topological polar surface area (TPSA) is 43.1 Å². The summed E-state index contributed by atoms with van der Waals surface area (Å²) in [6.07, 6.45) is 0. The highest BCUT2D eigenvalue weighted by Gasteiger charge is 2.11. The van der Waals surface area contributed by atoms with E-state index < -0.39 is 5.91 Å². The van der Waals surface area contributed by atoms with Crippen LogP contribution in [0.4, 0.5) is 4.39 Å². The molecule has 0 heterocycles. The Bertz CT molecular complexity index is 625. The van der Waals surface area contributed by atoms with Crippen molar-refractivity contribution in [2.75, 3.05) is 0 Å². The Hall–Kier alpha value is -1.68. The van der Waals surface area contributed by atoms with E-state index in [2.05, 4.69) is 15.9 Å². The third-order valence-corrected chi connectivity index (χ3v) is 3.36. The molecule has 18 heavy (non-hydrogen) atoms. The molecule has 0 unspecified atom stereocenters. The van der Waals surface area contributed by atoms with Crippen molar-refractivity contribution in [3.05, 3.63) is 57.8 Å². The number of aryl methyl sites for hydroxylation is 1. The molecule has 0 fully saturated rings. The first kappa shape index (κ1) is 12.8. The van der Waals surface area contributed by atoms with E-state index in [9.17, 15) is 9.18 Å². The summed E-state index contributed by atoms with van der Waals surface area (Å²) in [5, 5.41) is 0. The second-order valence-corrected chi connectivity index (χ2v) is 4.90. The van der Waals surface area contributed by atoms with Crippen molar-refractivity contribution in [3.63, 3.8) is 0 Å². The zero-order valence-corrected chi connectivity index (χ0v) is 11.3. The Labute approximate surface area is 113 Å². The molecule has 2 aromatic rings. The molecular weight excluding hydrogens is 297 g/mol. The van der Waals surface area contributed by atoms with Crippen LogP contribution in [0.15, 0.2) is 40.9 Å². The molecule has 0 aromatic heterocycles. The van der Waals surface area contributed by atoms with Crippen LogP contribution in [-0.4, -0.2) is 5.91 Å². The van der Waals surface area contributed by atoms with E-state index in [1.807, 2.05) is 6.92 Å². The van der Waals surface area contributed by atoms with E-state index in [0.717, 1.165) is 5.56 Å². The maximum Gasteiger partial charge on any atom is 0.249 e. The van der Waals surface area contributed by atoms with E-state index >= 15 is 0 Å². The van der Waals surface area contributed by atoms with Crippen LogP contribution in [0.25, 0.3) is 11.1 Å². The van der Waals surface area contributed by atoms with Gasteiger partial charge in [-0.2, -0.15) is 0 Å². The monoisotopic (exact) mass is 307 g/mol. The van der Waals surface area contributed by atoms with Gasteiger partial charge in [0, 0.05) is 10.0 Å². The van der Waals surface area contributed by atoms with Gasteiger partial charge in [-0.3, -0.25) is 4.79 Å². The summed E-state index contributed by atoms with van der Waals surface area (Å²) in [5.41, 5.74) is 7.66. The summed E-state index contributed by atoms with van der Waals surface area (Å²) in [6, 6.07) is 9.88. The summed E-state index contributed by atoms with van der Waals surface area (Å²) in [6.45, 7) is 1.89. The minimum atomic E-state index is -0.545. The Morgan fingerprint density at radius 3 is 2.61 bits per heavy atom. The minimum absolute atomic E-state index is 0.321. The number of amides is 1. The molecule has 4 heteroatoms. The number of benzene rings is 2.